The molecule has 3 rings (SSSR count). The van der Waals surface area contributed by atoms with Crippen molar-refractivity contribution in [3.05, 3.63) is 12.2 Å². The molecule has 34 heavy (non-hydrogen) atoms. The van der Waals surface area contributed by atoms with Crippen molar-refractivity contribution < 1.29 is 32.5 Å². The predicted octanol–water partition coefficient (Wildman–Crippen LogP) is 4.38. The van der Waals surface area contributed by atoms with E-state index in [4.69, 9.17) is 18.9 Å². The second kappa shape index (κ2) is 13.2. The van der Waals surface area contributed by atoms with E-state index in [0.717, 1.165) is 57.8 Å². The first kappa shape index (κ1) is 28.1. The van der Waals surface area contributed by atoms with Crippen molar-refractivity contribution in [2.24, 2.45) is 11.3 Å². The Kier molecular flexibility index (Phi) is 10.9. The first-order chi connectivity index (χ1) is 16.3. The van der Waals surface area contributed by atoms with Crippen molar-refractivity contribution in [2.45, 2.75) is 115 Å². The van der Waals surface area contributed by atoms with E-state index >= 15 is 0 Å². The van der Waals surface area contributed by atoms with Gasteiger partial charge < -0.3 is 24.1 Å². The molecule has 0 aliphatic carbocycles. The summed E-state index contributed by atoms with van der Waals surface area (Å²) in [5, 5.41) is 8.95. The first-order valence-corrected chi connectivity index (χ1v) is 15.0. The highest BCUT2D eigenvalue weighted by Gasteiger charge is 2.47. The smallest absolute Gasteiger partial charge is 0.158 e. The highest BCUT2D eigenvalue weighted by molar-refractivity contribution is 7.92. The Bertz CT molecular complexity index is 723. The zero-order valence-corrected chi connectivity index (χ0v) is 22.1. The summed E-state index contributed by atoms with van der Waals surface area (Å²) in [6.07, 6.45) is 12.0. The maximum absolute atomic E-state index is 13.0. The Morgan fingerprint density at radius 2 is 1.76 bits per heavy atom. The lowest BCUT2D eigenvalue weighted by atomic mass is 9.80. The lowest BCUT2D eigenvalue weighted by molar-refractivity contribution is -0.198. The van der Waals surface area contributed by atoms with Crippen LogP contribution in [0.15, 0.2) is 12.2 Å². The number of hydrogen-bond acceptors (Lipinski definition) is 7. The fourth-order valence-corrected chi connectivity index (χ4v) is 7.52. The van der Waals surface area contributed by atoms with Crippen LogP contribution in [-0.4, -0.2) is 69.1 Å². The van der Waals surface area contributed by atoms with E-state index in [1.165, 1.54) is 0 Å². The van der Waals surface area contributed by atoms with Gasteiger partial charge >= 0.3 is 0 Å². The van der Waals surface area contributed by atoms with E-state index < -0.39 is 21.2 Å². The summed E-state index contributed by atoms with van der Waals surface area (Å²) in [5.74, 6) is -0.383. The average Bonchev–Trinajstić information content (AvgIpc) is 3.05. The Balaban J connectivity index is 1.81. The summed E-state index contributed by atoms with van der Waals surface area (Å²) in [5.41, 5.74) is -0.125. The lowest BCUT2D eigenvalue weighted by Gasteiger charge is -2.36. The summed E-state index contributed by atoms with van der Waals surface area (Å²) in [4.78, 5) is 0. The van der Waals surface area contributed by atoms with Crippen LogP contribution >= 0.6 is 0 Å². The molecule has 3 saturated heterocycles. The van der Waals surface area contributed by atoms with Crippen molar-refractivity contribution >= 4 is 9.84 Å². The number of ether oxygens (including phenoxy) is 4. The molecule has 198 valence electrons. The summed E-state index contributed by atoms with van der Waals surface area (Å²) >= 11 is 0. The van der Waals surface area contributed by atoms with Crippen LogP contribution in [0, 0.1) is 11.3 Å². The van der Waals surface area contributed by atoms with Crippen LogP contribution in [0.1, 0.15) is 85.0 Å². The molecule has 0 amide bonds. The van der Waals surface area contributed by atoms with Crippen molar-refractivity contribution in [2.75, 3.05) is 25.6 Å². The molecule has 0 aromatic carbocycles. The number of aliphatic hydroxyl groups excluding tert-OH is 1. The van der Waals surface area contributed by atoms with E-state index in [9.17, 15) is 13.5 Å². The van der Waals surface area contributed by atoms with Crippen LogP contribution in [0.3, 0.4) is 0 Å². The highest BCUT2D eigenvalue weighted by atomic mass is 32.2. The summed E-state index contributed by atoms with van der Waals surface area (Å²) in [6, 6.07) is 0. The van der Waals surface area contributed by atoms with Crippen molar-refractivity contribution in [3.8, 4) is 0 Å². The van der Waals surface area contributed by atoms with Gasteiger partial charge in [0.25, 0.3) is 0 Å². The number of rotatable bonds is 12. The van der Waals surface area contributed by atoms with Crippen LogP contribution in [0.5, 0.6) is 0 Å². The maximum atomic E-state index is 13.0. The largest absolute Gasteiger partial charge is 0.396 e. The molecule has 6 unspecified atom stereocenters. The minimum absolute atomic E-state index is 0.0387. The topological polar surface area (TPSA) is 91.3 Å². The fourth-order valence-electron chi connectivity index (χ4n) is 5.31. The quantitative estimate of drug-likeness (QED) is 0.396. The SMILES string of the molecule is CCCCC(C)(C)C(/C=C/C1C(OC2CCCCO2)CS(=O)(=O)C1CCO)OC1CCCCO1. The molecule has 3 fully saturated rings. The van der Waals surface area contributed by atoms with Gasteiger partial charge in [-0.2, -0.15) is 0 Å². The molecule has 8 heteroatoms. The Labute approximate surface area is 206 Å². The molecule has 3 heterocycles. The van der Waals surface area contributed by atoms with E-state index in [-0.39, 0.29) is 48.8 Å². The lowest BCUT2D eigenvalue weighted by Crippen LogP contribution is -2.37. The van der Waals surface area contributed by atoms with Gasteiger partial charge in [-0.05, 0) is 56.8 Å². The van der Waals surface area contributed by atoms with E-state index in [1.807, 2.05) is 12.2 Å². The monoisotopic (exact) mass is 502 g/mol. The Hall–Kier alpha value is -0.510. The summed E-state index contributed by atoms with van der Waals surface area (Å²) in [7, 11) is -3.38. The molecular formula is C26H46O7S. The van der Waals surface area contributed by atoms with E-state index in [2.05, 4.69) is 20.8 Å². The average molecular weight is 503 g/mol. The fraction of sp³-hybridized carbons (Fsp3) is 0.923. The van der Waals surface area contributed by atoms with Crippen LogP contribution in [0.4, 0.5) is 0 Å². The molecular weight excluding hydrogens is 456 g/mol. The zero-order chi connectivity index (χ0) is 24.6. The van der Waals surface area contributed by atoms with Crippen LogP contribution in [0.25, 0.3) is 0 Å². The van der Waals surface area contributed by atoms with Crippen LogP contribution in [-0.2, 0) is 28.8 Å². The minimum atomic E-state index is -3.38. The number of unbranched alkanes of at least 4 members (excludes halogenated alkanes) is 1. The van der Waals surface area contributed by atoms with E-state index in [0.29, 0.717) is 13.2 Å². The van der Waals surface area contributed by atoms with Gasteiger partial charge in [0.1, 0.15) is 0 Å². The number of sulfone groups is 1. The molecule has 1 N–H and O–H groups in total. The third-order valence-electron chi connectivity index (χ3n) is 7.48. The standard InChI is InChI=1S/C26H46O7S/c1-4-5-15-26(2,3)23(33-25-11-7-9-18-31-25)13-12-20-21(32-24-10-6-8-17-30-24)19-34(28,29)22(20)14-16-27/h12-13,20-25,27H,4-11,14-19H2,1-3H3/b13-12+. The van der Waals surface area contributed by atoms with Crippen molar-refractivity contribution in [1.82, 2.24) is 0 Å². The molecule has 6 atom stereocenters. The molecule has 3 aliphatic rings. The molecule has 3 aliphatic heterocycles. The van der Waals surface area contributed by atoms with Crippen LogP contribution in [0.2, 0.25) is 0 Å². The highest BCUT2D eigenvalue weighted by Crippen LogP contribution is 2.37. The molecule has 0 bridgehead atoms. The predicted molar refractivity (Wildman–Crippen MR) is 132 cm³/mol. The van der Waals surface area contributed by atoms with Crippen molar-refractivity contribution in [1.29, 1.82) is 0 Å². The molecule has 0 aromatic heterocycles. The number of aliphatic hydroxyl groups is 1. The third kappa shape index (κ3) is 7.74. The second-order valence-corrected chi connectivity index (χ2v) is 13.0. The van der Waals surface area contributed by atoms with Crippen LogP contribution < -0.4 is 0 Å². The second-order valence-electron chi connectivity index (χ2n) is 10.8. The van der Waals surface area contributed by atoms with E-state index in [1.54, 1.807) is 0 Å². The minimum Gasteiger partial charge on any atom is -0.396 e. The molecule has 7 nitrogen and oxygen atoms in total. The van der Waals surface area contributed by atoms with Gasteiger partial charge in [0, 0.05) is 25.7 Å². The first-order valence-electron chi connectivity index (χ1n) is 13.3. The molecule has 0 aromatic rings. The molecule has 0 spiro atoms. The normalized spacial score (nSPS) is 33.4. The maximum Gasteiger partial charge on any atom is 0.158 e. The molecule has 0 saturated carbocycles. The van der Waals surface area contributed by atoms with Crippen molar-refractivity contribution in [3.63, 3.8) is 0 Å². The summed E-state index contributed by atoms with van der Waals surface area (Å²) < 4.78 is 50.3. The molecule has 0 radical (unpaired) electrons. The zero-order valence-electron chi connectivity index (χ0n) is 21.3. The van der Waals surface area contributed by atoms with Gasteiger partial charge in [-0.3, -0.25) is 0 Å². The Morgan fingerprint density at radius 1 is 1.09 bits per heavy atom. The van der Waals surface area contributed by atoms with Gasteiger partial charge in [-0.1, -0.05) is 45.8 Å². The van der Waals surface area contributed by atoms with Gasteiger partial charge in [0.2, 0.25) is 0 Å². The third-order valence-corrected chi connectivity index (χ3v) is 9.75. The van der Waals surface area contributed by atoms with Gasteiger partial charge in [0.15, 0.2) is 22.4 Å². The van der Waals surface area contributed by atoms with Gasteiger partial charge in [0.05, 0.1) is 23.2 Å². The number of hydrogen-bond donors (Lipinski definition) is 1. The van der Waals surface area contributed by atoms with Gasteiger partial charge in [-0.15, -0.1) is 0 Å². The van der Waals surface area contributed by atoms with Gasteiger partial charge in [-0.25, -0.2) is 8.42 Å². The summed E-state index contributed by atoms with van der Waals surface area (Å²) in [6.45, 7) is 7.80. The Morgan fingerprint density at radius 3 is 2.35 bits per heavy atom.